The molecule has 0 saturated carbocycles. The highest BCUT2D eigenvalue weighted by molar-refractivity contribution is 7.80. The van der Waals surface area contributed by atoms with E-state index in [2.05, 4.69) is 17.6 Å². The van der Waals surface area contributed by atoms with Crippen molar-refractivity contribution in [2.24, 2.45) is 0 Å². The Hall–Kier alpha value is -1.90. The Kier molecular flexibility index (Phi) is 12.6. The topological polar surface area (TPSA) is 87.7 Å². The molecule has 7 nitrogen and oxygen atoms in total. The van der Waals surface area contributed by atoms with Crippen LogP contribution in [0.1, 0.15) is 75.1 Å². The highest BCUT2D eigenvalue weighted by Gasteiger charge is 2.34. The summed E-state index contributed by atoms with van der Waals surface area (Å²) in [6, 6.07) is 3.64. The third kappa shape index (κ3) is 9.39. The molecule has 1 aliphatic heterocycles. The van der Waals surface area contributed by atoms with Crippen LogP contribution in [0.5, 0.6) is 0 Å². The van der Waals surface area contributed by atoms with E-state index in [1.807, 2.05) is 0 Å². The number of hydrogen-bond acceptors (Lipinski definition) is 5. The Bertz CT molecular complexity index is 869. The van der Waals surface area contributed by atoms with Gasteiger partial charge in [-0.15, -0.1) is 0 Å². The molecular weight excluding hydrogens is 497 g/mol. The molecule has 0 bridgehead atoms. The lowest BCUT2D eigenvalue weighted by Gasteiger charge is -2.36. The Morgan fingerprint density at radius 2 is 1.82 bits per heavy atom. The molecule has 0 aliphatic carbocycles. The van der Waals surface area contributed by atoms with Crippen LogP contribution in [0, 0.1) is 0 Å². The monoisotopic (exact) mass is 529 g/mol. The Morgan fingerprint density at radius 3 is 2.50 bits per heavy atom. The van der Waals surface area contributed by atoms with Crippen LogP contribution in [0.3, 0.4) is 0 Å². The second-order valence-electron chi connectivity index (χ2n) is 8.28. The van der Waals surface area contributed by atoms with Gasteiger partial charge in [0.15, 0.2) is 5.11 Å². The fourth-order valence-corrected chi connectivity index (χ4v) is 4.51. The summed E-state index contributed by atoms with van der Waals surface area (Å²) >= 11 is 17.3. The molecule has 34 heavy (non-hydrogen) atoms. The SMILES string of the molecule is CCCCCCCCCCOC(=O)CC1C(=O)NCCN1C(=S)NC(=O)c1ccc(Cl)cc1Cl. The molecule has 2 amide bonds. The Morgan fingerprint density at radius 1 is 1.15 bits per heavy atom. The van der Waals surface area contributed by atoms with Gasteiger partial charge in [0.05, 0.1) is 23.6 Å². The molecule has 1 unspecified atom stereocenters. The van der Waals surface area contributed by atoms with Crippen LogP contribution in [-0.4, -0.2) is 53.5 Å². The first-order valence-electron chi connectivity index (χ1n) is 11.8. The average molecular weight is 531 g/mol. The van der Waals surface area contributed by atoms with Crippen LogP contribution >= 0.6 is 35.4 Å². The number of nitrogens with zero attached hydrogens (tertiary/aromatic N) is 1. The first kappa shape index (κ1) is 28.3. The van der Waals surface area contributed by atoms with Gasteiger partial charge in [-0.05, 0) is 36.8 Å². The molecule has 1 aromatic rings. The summed E-state index contributed by atoms with van der Waals surface area (Å²) in [6.07, 6.45) is 9.05. The molecule has 2 N–H and O–H groups in total. The Balaban J connectivity index is 1.81. The van der Waals surface area contributed by atoms with Gasteiger partial charge in [-0.25, -0.2) is 0 Å². The van der Waals surface area contributed by atoms with Crippen molar-refractivity contribution in [1.29, 1.82) is 0 Å². The summed E-state index contributed by atoms with van der Waals surface area (Å²) in [4.78, 5) is 38.9. The van der Waals surface area contributed by atoms with Gasteiger partial charge in [-0.3, -0.25) is 19.7 Å². The lowest BCUT2D eigenvalue weighted by molar-refractivity contribution is -0.147. The molecule has 188 valence electrons. The fraction of sp³-hybridized carbons (Fsp3) is 0.583. The summed E-state index contributed by atoms with van der Waals surface area (Å²) < 4.78 is 5.34. The zero-order valence-electron chi connectivity index (χ0n) is 19.5. The van der Waals surface area contributed by atoms with Gasteiger partial charge >= 0.3 is 5.97 Å². The number of thiocarbonyl (C=S) groups is 1. The number of carbonyl (C=O) groups is 3. The summed E-state index contributed by atoms with van der Waals surface area (Å²) in [5.74, 6) is -1.32. The highest BCUT2D eigenvalue weighted by atomic mass is 35.5. The van der Waals surface area contributed by atoms with E-state index in [9.17, 15) is 14.4 Å². The maximum Gasteiger partial charge on any atom is 0.308 e. The van der Waals surface area contributed by atoms with Crippen molar-refractivity contribution >= 4 is 58.3 Å². The number of unbranched alkanes of at least 4 members (excludes halogenated alkanes) is 7. The standard InChI is InChI=1S/C24H33Cl2N3O4S/c1-2-3-4-5-6-7-8-9-14-33-21(30)16-20-23(32)27-12-13-29(20)24(34)28-22(31)18-11-10-17(25)15-19(18)26/h10-11,15,20H,2-9,12-14,16H2,1H3,(H,27,32)(H,28,31,34). The van der Waals surface area contributed by atoms with E-state index in [0.717, 1.165) is 19.3 Å². The number of hydrogen-bond donors (Lipinski definition) is 2. The van der Waals surface area contributed by atoms with Gasteiger partial charge in [0.2, 0.25) is 5.91 Å². The summed E-state index contributed by atoms with van der Waals surface area (Å²) in [6.45, 7) is 3.24. The van der Waals surface area contributed by atoms with E-state index >= 15 is 0 Å². The minimum absolute atomic E-state index is 0.0479. The van der Waals surface area contributed by atoms with Crippen LogP contribution in [0.4, 0.5) is 0 Å². The summed E-state index contributed by atoms with van der Waals surface area (Å²) in [7, 11) is 0. The molecule has 0 aromatic heterocycles. The van der Waals surface area contributed by atoms with E-state index in [1.54, 1.807) is 6.07 Å². The Labute approximate surface area is 216 Å². The first-order chi connectivity index (χ1) is 16.3. The smallest absolute Gasteiger partial charge is 0.308 e. The predicted molar refractivity (Wildman–Crippen MR) is 138 cm³/mol. The van der Waals surface area contributed by atoms with Crippen LogP contribution in [0.25, 0.3) is 0 Å². The molecule has 0 spiro atoms. The number of piperazine rings is 1. The lowest BCUT2D eigenvalue weighted by atomic mass is 10.1. The highest BCUT2D eigenvalue weighted by Crippen LogP contribution is 2.21. The molecule has 10 heteroatoms. The van der Waals surface area contributed by atoms with Gasteiger partial charge < -0.3 is 15.0 Å². The number of carbonyl (C=O) groups excluding carboxylic acids is 3. The molecule has 1 aromatic carbocycles. The van der Waals surface area contributed by atoms with Crippen LogP contribution in [-0.2, 0) is 14.3 Å². The average Bonchev–Trinajstić information content (AvgIpc) is 2.79. The normalized spacial score (nSPS) is 15.6. The summed E-state index contributed by atoms with van der Waals surface area (Å²) in [5, 5.41) is 5.96. The van der Waals surface area contributed by atoms with E-state index in [0.29, 0.717) is 24.7 Å². The largest absolute Gasteiger partial charge is 0.466 e. The molecule has 1 saturated heterocycles. The minimum atomic E-state index is -0.853. The van der Waals surface area contributed by atoms with Gasteiger partial charge in [-0.2, -0.15) is 0 Å². The van der Waals surface area contributed by atoms with E-state index in [4.69, 9.17) is 40.2 Å². The minimum Gasteiger partial charge on any atom is -0.466 e. The number of halogens is 2. The quantitative estimate of drug-likeness (QED) is 0.228. The van der Waals surface area contributed by atoms with E-state index < -0.39 is 17.9 Å². The molecule has 1 aliphatic rings. The predicted octanol–water partition coefficient (Wildman–Crippen LogP) is 4.88. The zero-order valence-corrected chi connectivity index (χ0v) is 21.9. The van der Waals surface area contributed by atoms with Crippen molar-refractivity contribution in [3.8, 4) is 0 Å². The number of nitrogens with one attached hydrogen (secondary N) is 2. The zero-order chi connectivity index (χ0) is 24.9. The first-order valence-corrected chi connectivity index (χ1v) is 13.0. The van der Waals surface area contributed by atoms with Crippen molar-refractivity contribution in [3.63, 3.8) is 0 Å². The molecular formula is C24H33Cl2N3O4S. The van der Waals surface area contributed by atoms with Gasteiger partial charge in [0, 0.05) is 18.1 Å². The maximum absolute atomic E-state index is 12.6. The van der Waals surface area contributed by atoms with E-state index in [1.165, 1.54) is 49.1 Å². The maximum atomic E-state index is 12.6. The fourth-order valence-electron chi connectivity index (χ4n) is 3.71. The van der Waals surface area contributed by atoms with Crippen LogP contribution in [0.2, 0.25) is 10.0 Å². The van der Waals surface area contributed by atoms with Crippen molar-refractivity contribution in [2.45, 2.75) is 70.8 Å². The number of ether oxygens (including phenoxy) is 1. The summed E-state index contributed by atoms with van der Waals surface area (Å²) in [5.41, 5.74) is 0.205. The van der Waals surface area contributed by atoms with Crippen molar-refractivity contribution in [2.75, 3.05) is 19.7 Å². The van der Waals surface area contributed by atoms with Gasteiger partial charge in [0.1, 0.15) is 6.04 Å². The van der Waals surface area contributed by atoms with Crippen LogP contribution in [0.15, 0.2) is 18.2 Å². The van der Waals surface area contributed by atoms with Crippen molar-refractivity contribution in [1.82, 2.24) is 15.5 Å². The molecule has 1 heterocycles. The van der Waals surface area contributed by atoms with Crippen molar-refractivity contribution < 1.29 is 19.1 Å². The van der Waals surface area contributed by atoms with Gasteiger partial charge in [0.25, 0.3) is 5.91 Å². The van der Waals surface area contributed by atoms with Crippen molar-refractivity contribution in [3.05, 3.63) is 33.8 Å². The number of amides is 2. The number of rotatable bonds is 12. The molecule has 0 radical (unpaired) electrons. The molecule has 1 fully saturated rings. The second kappa shape index (κ2) is 15.2. The third-order valence-corrected chi connectivity index (χ3v) is 6.49. The van der Waals surface area contributed by atoms with E-state index in [-0.39, 0.29) is 28.0 Å². The second-order valence-corrected chi connectivity index (χ2v) is 9.51. The molecule has 1 atom stereocenters. The van der Waals surface area contributed by atoms with Gasteiger partial charge in [-0.1, -0.05) is 75.1 Å². The number of esters is 1. The van der Waals surface area contributed by atoms with Crippen LogP contribution < -0.4 is 10.6 Å². The molecule has 2 rings (SSSR count). The third-order valence-electron chi connectivity index (χ3n) is 5.61. The lowest BCUT2D eigenvalue weighted by Crippen LogP contribution is -2.60. The number of benzene rings is 1.